The van der Waals surface area contributed by atoms with Crippen molar-refractivity contribution in [1.82, 2.24) is 14.7 Å². The number of hydrogen-bond donors (Lipinski definition) is 2. The maximum absolute atomic E-state index is 12.4. The van der Waals surface area contributed by atoms with Crippen LogP contribution >= 0.6 is 11.5 Å². The predicted octanol–water partition coefficient (Wildman–Crippen LogP) is 2.81. The average Bonchev–Trinajstić information content (AvgIpc) is 3.01. The van der Waals surface area contributed by atoms with E-state index in [0.717, 1.165) is 35.2 Å². The van der Waals surface area contributed by atoms with Crippen molar-refractivity contribution in [1.29, 1.82) is 0 Å². The molecule has 1 fully saturated rings. The number of nitrogens with one attached hydrogen (secondary N) is 2. The maximum atomic E-state index is 12.4. The van der Waals surface area contributed by atoms with Crippen LogP contribution in [0.2, 0.25) is 0 Å². The number of nitrogens with zero attached hydrogens (tertiary/aromatic N) is 3. The minimum absolute atomic E-state index is 0.106. The first kappa shape index (κ1) is 16.7. The van der Waals surface area contributed by atoms with Gasteiger partial charge in [0, 0.05) is 32.9 Å². The number of rotatable bonds is 5. The lowest BCUT2D eigenvalue weighted by Crippen LogP contribution is -2.30. The van der Waals surface area contributed by atoms with Crippen LogP contribution in [0.25, 0.3) is 0 Å². The van der Waals surface area contributed by atoms with E-state index < -0.39 is 0 Å². The van der Waals surface area contributed by atoms with Gasteiger partial charge >= 0.3 is 0 Å². The summed E-state index contributed by atoms with van der Waals surface area (Å²) in [6.07, 6.45) is 5.64. The third-order valence-electron chi connectivity index (χ3n) is 4.26. The number of aromatic nitrogens is 2. The molecule has 0 saturated carbocycles. The quantitative estimate of drug-likeness (QED) is 0.872. The minimum atomic E-state index is -0.106. The van der Waals surface area contributed by atoms with E-state index >= 15 is 0 Å². The van der Waals surface area contributed by atoms with Crippen molar-refractivity contribution < 1.29 is 4.79 Å². The fraction of sp³-hybridized carbons (Fsp3) is 0.471. The summed E-state index contributed by atoms with van der Waals surface area (Å²) in [5.74, 6) is 0.922. The van der Waals surface area contributed by atoms with E-state index in [1.54, 1.807) is 7.05 Å². The van der Waals surface area contributed by atoms with Crippen LogP contribution in [0.5, 0.6) is 0 Å². The Morgan fingerprint density at radius 3 is 2.75 bits per heavy atom. The standard InChI is InChI=1S/C17H23N5OS/c1-12-15(17(18-2)24-21-12)16(23)20-11-13-6-7-14(19-10-13)22-8-4-3-5-9-22/h6-7,10,18H,3-5,8-9,11H2,1-2H3,(H,20,23). The highest BCUT2D eigenvalue weighted by Crippen LogP contribution is 2.23. The van der Waals surface area contributed by atoms with Gasteiger partial charge in [-0.25, -0.2) is 4.98 Å². The molecule has 2 aromatic rings. The SMILES string of the molecule is CNc1snc(C)c1C(=O)NCc1ccc(N2CCCCC2)nc1. The monoisotopic (exact) mass is 345 g/mol. The first-order valence-electron chi connectivity index (χ1n) is 8.31. The summed E-state index contributed by atoms with van der Waals surface area (Å²) < 4.78 is 4.23. The number of hydrogen-bond acceptors (Lipinski definition) is 6. The number of anilines is 2. The van der Waals surface area contributed by atoms with Gasteiger partial charge in [-0.1, -0.05) is 6.07 Å². The highest BCUT2D eigenvalue weighted by Gasteiger charge is 2.17. The average molecular weight is 345 g/mol. The summed E-state index contributed by atoms with van der Waals surface area (Å²) in [7, 11) is 1.80. The Labute approximate surface area is 146 Å². The number of carbonyl (C=O) groups is 1. The second-order valence-corrected chi connectivity index (χ2v) is 6.75. The molecule has 1 amide bonds. The summed E-state index contributed by atoms with van der Waals surface area (Å²) in [5, 5.41) is 6.76. The topological polar surface area (TPSA) is 70.2 Å². The van der Waals surface area contributed by atoms with Crippen molar-refractivity contribution in [3.8, 4) is 0 Å². The number of carbonyl (C=O) groups excluding carboxylic acids is 1. The van der Waals surface area contributed by atoms with Gasteiger partial charge in [0.05, 0.1) is 11.3 Å². The minimum Gasteiger partial charge on any atom is -0.378 e. The largest absolute Gasteiger partial charge is 0.378 e. The summed E-state index contributed by atoms with van der Waals surface area (Å²) in [4.78, 5) is 19.3. The summed E-state index contributed by atoms with van der Waals surface area (Å²) in [5.41, 5.74) is 2.37. The lowest BCUT2D eigenvalue weighted by molar-refractivity contribution is 0.0951. The van der Waals surface area contributed by atoms with Gasteiger partial charge in [-0.3, -0.25) is 4.79 Å². The molecular weight excluding hydrogens is 322 g/mol. The van der Waals surface area contributed by atoms with Crippen molar-refractivity contribution >= 4 is 28.3 Å². The second-order valence-electron chi connectivity index (χ2n) is 5.98. The fourth-order valence-corrected chi connectivity index (χ4v) is 3.65. The molecule has 0 bridgehead atoms. The van der Waals surface area contributed by atoms with Gasteiger partial charge in [0.15, 0.2) is 0 Å². The molecule has 3 rings (SSSR count). The van der Waals surface area contributed by atoms with E-state index in [-0.39, 0.29) is 5.91 Å². The van der Waals surface area contributed by atoms with Gasteiger partial charge in [-0.2, -0.15) is 4.37 Å². The van der Waals surface area contributed by atoms with E-state index in [1.165, 1.54) is 30.8 Å². The third-order valence-corrected chi connectivity index (χ3v) is 5.22. The van der Waals surface area contributed by atoms with E-state index in [1.807, 2.05) is 25.3 Å². The number of piperidine rings is 1. The van der Waals surface area contributed by atoms with Crippen LogP contribution in [0.3, 0.4) is 0 Å². The van der Waals surface area contributed by atoms with Crippen molar-refractivity contribution in [3.05, 3.63) is 35.2 Å². The molecule has 6 nitrogen and oxygen atoms in total. The lowest BCUT2D eigenvalue weighted by atomic mass is 10.1. The normalized spacial score (nSPS) is 14.5. The Kier molecular flexibility index (Phi) is 5.30. The highest BCUT2D eigenvalue weighted by molar-refractivity contribution is 7.10. The first-order chi connectivity index (χ1) is 11.7. The van der Waals surface area contributed by atoms with Crippen LogP contribution in [-0.2, 0) is 6.54 Å². The van der Waals surface area contributed by atoms with Crippen LogP contribution in [-0.4, -0.2) is 35.4 Å². The molecule has 0 unspecified atom stereocenters. The first-order valence-corrected chi connectivity index (χ1v) is 9.08. The zero-order valence-electron chi connectivity index (χ0n) is 14.1. The molecule has 1 saturated heterocycles. The van der Waals surface area contributed by atoms with Crippen LogP contribution < -0.4 is 15.5 Å². The van der Waals surface area contributed by atoms with E-state index in [2.05, 4.69) is 24.9 Å². The van der Waals surface area contributed by atoms with Gasteiger partial charge in [0.2, 0.25) is 0 Å². The predicted molar refractivity (Wildman–Crippen MR) is 97.9 cm³/mol. The molecule has 2 aromatic heterocycles. The Morgan fingerprint density at radius 2 is 2.08 bits per heavy atom. The van der Waals surface area contributed by atoms with Crippen LogP contribution in [0.1, 0.15) is 40.9 Å². The van der Waals surface area contributed by atoms with E-state index in [4.69, 9.17) is 0 Å². The molecule has 1 aliphatic rings. The van der Waals surface area contributed by atoms with Gasteiger partial charge in [-0.05, 0) is 49.3 Å². The fourth-order valence-electron chi connectivity index (χ4n) is 2.91. The van der Waals surface area contributed by atoms with Crippen molar-refractivity contribution in [2.45, 2.75) is 32.7 Å². The smallest absolute Gasteiger partial charge is 0.256 e. The number of pyridine rings is 1. The number of aryl methyl sites for hydroxylation is 1. The van der Waals surface area contributed by atoms with Crippen LogP contribution in [0.15, 0.2) is 18.3 Å². The molecule has 0 spiro atoms. The molecule has 0 radical (unpaired) electrons. The molecule has 1 aliphatic heterocycles. The zero-order chi connectivity index (χ0) is 16.9. The summed E-state index contributed by atoms with van der Waals surface area (Å²) in [6, 6.07) is 4.08. The summed E-state index contributed by atoms with van der Waals surface area (Å²) >= 11 is 1.30. The van der Waals surface area contributed by atoms with Crippen molar-refractivity contribution in [2.75, 3.05) is 30.4 Å². The van der Waals surface area contributed by atoms with Gasteiger partial charge < -0.3 is 15.5 Å². The maximum Gasteiger partial charge on any atom is 0.256 e. The Balaban J connectivity index is 1.60. The molecule has 128 valence electrons. The molecule has 0 aliphatic carbocycles. The van der Waals surface area contributed by atoms with Gasteiger partial charge in [-0.15, -0.1) is 0 Å². The summed E-state index contributed by atoms with van der Waals surface area (Å²) in [6.45, 7) is 4.48. The Morgan fingerprint density at radius 1 is 1.29 bits per heavy atom. The van der Waals surface area contributed by atoms with Gasteiger partial charge in [0.25, 0.3) is 5.91 Å². The molecule has 7 heteroatoms. The third kappa shape index (κ3) is 3.67. The Bertz CT molecular complexity index is 692. The van der Waals surface area contributed by atoms with Crippen molar-refractivity contribution in [2.24, 2.45) is 0 Å². The molecular formula is C17H23N5OS. The van der Waals surface area contributed by atoms with E-state index in [0.29, 0.717) is 12.1 Å². The molecule has 2 N–H and O–H groups in total. The molecule has 0 atom stereocenters. The molecule has 0 aromatic carbocycles. The van der Waals surface area contributed by atoms with Gasteiger partial charge in [0.1, 0.15) is 10.8 Å². The second kappa shape index (κ2) is 7.61. The molecule has 24 heavy (non-hydrogen) atoms. The van der Waals surface area contributed by atoms with E-state index in [9.17, 15) is 4.79 Å². The number of amides is 1. The van der Waals surface area contributed by atoms with Crippen molar-refractivity contribution in [3.63, 3.8) is 0 Å². The molecule has 3 heterocycles. The zero-order valence-corrected chi connectivity index (χ0v) is 14.9. The lowest BCUT2D eigenvalue weighted by Gasteiger charge is -2.27. The highest BCUT2D eigenvalue weighted by atomic mass is 32.1. The van der Waals surface area contributed by atoms with Crippen LogP contribution in [0.4, 0.5) is 10.8 Å². The Hall–Kier alpha value is -2.15. The van der Waals surface area contributed by atoms with Crippen LogP contribution in [0, 0.1) is 6.92 Å².